The Morgan fingerprint density at radius 1 is 1.09 bits per heavy atom. The lowest BCUT2D eigenvalue weighted by Crippen LogP contribution is -2.19. The number of nitrogens with zero attached hydrogens (tertiary/aromatic N) is 6. The molecule has 5 rings (SSSR count). The first kappa shape index (κ1) is 20.7. The van der Waals surface area contributed by atoms with Gasteiger partial charge < -0.3 is 4.42 Å². The molecule has 1 N–H and O–H groups in total. The van der Waals surface area contributed by atoms with Gasteiger partial charge in [0.25, 0.3) is 0 Å². The normalized spacial score (nSPS) is 11.7. The molecule has 10 heteroatoms. The molecule has 0 fully saturated rings. The third-order valence-corrected chi connectivity index (χ3v) is 6.09. The van der Waals surface area contributed by atoms with Crippen LogP contribution >= 0.6 is 11.3 Å². The van der Waals surface area contributed by atoms with Crippen LogP contribution in [0, 0.1) is 0 Å². The summed E-state index contributed by atoms with van der Waals surface area (Å²) in [6.45, 7) is 2.52. The van der Waals surface area contributed by atoms with E-state index in [0.717, 1.165) is 33.7 Å². The lowest BCUT2D eigenvalue weighted by atomic mass is 9.98. The smallest absolute Gasteiger partial charge is 0.315 e. The Balaban J connectivity index is 1.43. The SMILES string of the molecule is CCc1nn(Cc2ccc(-c3ccccc3-c3nn[nH]n3)cc2)c(=NC(=O)c2ccco2)s1. The number of nitrogens with one attached hydrogen (secondary N) is 1. The van der Waals surface area contributed by atoms with Crippen LogP contribution in [0.25, 0.3) is 22.5 Å². The first-order valence-corrected chi connectivity index (χ1v) is 11.1. The molecular weight excluding hydrogens is 438 g/mol. The van der Waals surface area contributed by atoms with Gasteiger partial charge in [-0.2, -0.15) is 15.3 Å². The second-order valence-corrected chi connectivity index (χ2v) is 8.20. The van der Waals surface area contributed by atoms with E-state index in [0.29, 0.717) is 17.2 Å². The fourth-order valence-electron chi connectivity index (χ4n) is 3.39. The molecule has 1 amide bonds. The topological polar surface area (TPSA) is 115 Å². The molecule has 5 aromatic rings. The van der Waals surface area contributed by atoms with Crippen molar-refractivity contribution >= 4 is 17.2 Å². The van der Waals surface area contributed by atoms with E-state index in [4.69, 9.17) is 4.42 Å². The second kappa shape index (κ2) is 9.13. The maximum atomic E-state index is 12.4. The van der Waals surface area contributed by atoms with Gasteiger partial charge in [-0.25, -0.2) is 4.68 Å². The van der Waals surface area contributed by atoms with E-state index in [9.17, 15) is 4.79 Å². The molecule has 2 aromatic carbocycles. The van der Waals surface area contributed by atoms with Crippen LogP contribution in [0.2, 0.25) is 0 Å². The summed E-state index contributed by atoms with van der Waals surface area (Å²) in [4.78, 5) is 17.2. The number of hydrogen-bond acceptors (Lipinski definition) is 7. The van der Waals surface area contributed by atoms with Gasteiger partial charge in [-0.3, -0.25) is 4.79 Å². The summed E-state index contributed by atoms with van der Waals surface area (Å²) in [7, 11) is 0. The zero-order valence-electron chi connectivity index (χ0n) is 17.7. The number of aromatic amines is 1. The number of furan rings is 1. The van der Waals surface area contributed by atoms with Gasteiger partial charge in [0.05, 0.1) is 12.8 Å². The van der Waals surface area contributed by atoms with E-state index in [1.807, 2.05) is 55.5 Å². The van der Waals surface area contributed by atoms with Gasteiger partial charge in [0.2, 0.25) is 10.6 Å². The van der Waals surface area contributed by atoms with E-state index in [-0.39, 0.29) is 5.76 Å². The first-order valence-electron chi connectivity index (χ1n) is 10.3. The average molecular weight is 458 g/mol. The number of aryl methyl sites for hydroxylation is 1. The number of amides is 1. The molecule has 0 atom stereocenters. The third-order valence-electron chi connectivity index (χ3n) is 5.00. The fraction of sp³-hybridized carbons (Fsp3) is 0.130. The van der Waals surface area contributed by atoms with E-state index in [1.54, 1.807) is 16.8 Å². The number of carbonyl (C=O) groups excluding carboxylic acids is 1. The summed E-state index contributed by atoms with van der Waals surface area (Å²) in [5.41, 5.74) is 3.99. The van der Waals surface area contributed by atoms with Gasteiger partial charge in [0.15, 0.2) is 5.76 Å². The van der Waals surface area contributed by atoms with Crippen LogP contribution in [0.1, 0.15) is 28.0 Å². The Morgan fingerprint density at radius 2 is 1.91 bits per heavy atom. The molecule has 0 aliphatic rings. The zero-order valence-corrected chi connectivity index (χ0v) is 18.5. The Hall–Kier alpha value is -4.18. The minimum Gasteiger partial charge on any atom is -0.459 e. The van der Waals surface area contributed by atoms with Crippen LogP contribution in [-0.4, -0.2) is 36.3 Å². The van der Waals surface area contributed by atoms with Crippen LogP contribution in [0.4, 0.5) is 0 Å². The number of aromatic nitrogens is 6. The monoisotopic (exact) mass is 457 g/mol. The minimum atomic E-state index is -0.423. The number of tetrazole rings is 1. The van der Waals surface area contributed by atoms with Crippen LogP contribution < -0.4 is 4.80 Å². The van der Waals surface area contributed by atoms with Crippen molar-refractivity contribution in [2.24, 2.45) is 4.99 Å². The number of H-pyrrole nitrogens is 1. The Kier molecular flexibility index (Phi) is 5.73. The van der Waals surface area contributed by atoms with Crippen molar-refractivity contribution < 1.29 is 9.21 Å². The largest absolute Gasteiger partial charge is 0.459 e. The molecule has 33 heavy (non-hydrogen) atoms. The zero-order chi connectivity index (χ0) is 22.6. The second-order valence-electron chi connectivity index (χ2n) is 7.16. The summed E-state index contributed by atoms with van der Waals surface area (Å²) in [5.74, 6) is 0.332. The molecule has 0 aliphatic heterocycles. The molecular formula is C23H19N7O2S. The molecule has 3 aromatic heterocycles. The third kappa shape index (κ3) is 4.41. The number of hydrogen-bond donors (Lipinski definition) is 1. The van der Waals surface area contributed by atoms with Gasteiger partial charge >= 0.3 is 5.91 Å². The number of carbonyl (C=O) groups is 1. The van der Waals surface area contributed by atoms with Crippen molar-refractivity contribution in [3.8, 4) is 22.5 Å². The fourth-order valence-corrected chi connectivity index (χ4v) is 4.23. The molecule has 0 saturated carbocycles. The van der Waals surface area contributed by atoms with E-state index < -0.39 is 5.91 Å². The predicted molar refractivity (Wildman–Crippen MR) is 122 cm³/mol. The lowest BCUT2D eigenvalue weighted by molar-refractivity contribution is 0.0971. The summed E-state index contributed by atoms with van der Waals surface area (Å²) in [6.07, 6.45) is 2.22. The maximum Gasteiger partial charge on any atom is 0.315 e. The Labute approximate surface area is 192 Å². The molecule has 0 unspecified atom stereocenters. The summed E-state index contributed by atoms with van der Waals surface area (Å²) in [6, 6.07) is 19.4. The maximum absolute atomic E-state index is 12.4. The highest BCUT2D eigenvalue weighted by Gasteiger charge is 2.12. The van der Waals surface area contributed by atoms with Crippen molar-refractivity contribution in [1.82, 2.24) is 30.4 Å². The van der Waals surface area contributed by atoms with Gasteiger partial charge in [-0.15, -0.1) is 10.2 Å². The van der Waals surface area contributed by atoms with Gasteiger partial charge in [-0.1, -0.05) is 66.8 Å². The standard InChI is InChI=1S/C23H19N7O2S/c1-2-20-27-30(23(33-20)24-22(31)19-8-5-13-32-19)14-15-9-11-16(12-10-15)17-6-3-4-7-18(17)21-25-28-29-26-21/h3-13H,2,14H2,1H3,(H,25,26,28,29). The quantitative estimate of drug-likeness (QED) is 0.415. The van der Waals surface area contributed by atoms with Crippen molar-refractivity contribution in [1.29, 1.82) is 0 Å². The molecule has 3 heterocycles. The average Bonchev–Trinajstić information content (AvgIpc) is 3.62. The van der Waals surface area contributed by atoms with Crippen LogP contribution in [0.5, 0.6) is 0 Å². The van der Waals surface area contributed by atoms with Crippen LogP contribution in [0.15, 0.2) is 76.3 Å². The van der Waals surface area contributed by atoms with Crippen LogP contribution in [0.3, 0.4) is 0 Å². The molecule has 9 nitrogen and oxygen atoms in total. The van der Waals surface area contributed by atoms with E-state index in [1.165, 1.54) is 17.6 Å². The Morgan fingerprint density at radius 3 is 2.61 bits per heavy atom. The predicted octanol–water partition coefficient (Wildman–Crippen LogP) is 3.74. The minimum absolute atomic E-state index is 0.206. The molecule has 0 saturated heterocycles. The molecule has 0 spiro atoms. The summed E-state index contributed by atoms with van der Waals surface area (Å²) >= 11 is 1.40. The van der Waals surface area contributed by atoms with Crippen molar-refractivity contribution in [3.05, 3.63) is 88.1 Å². The van der Waals surface area contributed by atoms with Gasteiger partial charge in [0.1, 0.15) is 5.01 Å². The summed E-state index contributed by atoms with van der Waals surface area (Å²) < 4.78 is 6.92. The highest BCUT2D eigenvalue weighted by Crippen LogP contribution is 2.29. The highest BCUT2D eigenvalue weighted by molar-refractivity contribution is 7.08. The molecule has 0 bridgehead atoms. The first-order chi connectivity index (χ1) is 16.2. The number of rotatable bonds is 6. The summed E-state index contributed by atoms with van der Waals surface area (Å²) in [5, 5.41) is 19.9. The number of benzene rings is 2. The van der Waals surface area contributed by atoms with Crippen molar-refractivity contribution in [2.45, 2.75) is 19.9 Å². The van der Waals surface area contributed by atoms with Gasteiger partial charge in [0, 0.05) is 5.56 Å². The molecule has 0 radical (unpaired) electrons. The van der Waals surface area contributed by atoms with E-state index in [2.05, 4.69) is 30.7 Å². The van der Waals surface area contributed by atoms with Crippen molar-refractivity contribution in [2.75, 3.05) is 0 Å². The van der Waals surface area contributed by atoms with E-state index >= 15 is 0 Å². The van der Waals surface area contributed by atoms with Crippen molar-refractivity contribution in [3.63, 3.8) is 0 Å². The van der Waals surface area contributed by atoms with Gasteiger partial charge in [-0.05, 0) is 40.5 Å². The molecule has 164 valence electrons. The lowest BCUT2D eigenvalue weighted by Gasteiger charge is -2.08. The molecule has 0 aliphatic carbocycles. The van der Waals surface area contributed by atoms with Crippen LogP contribution in [-0.2, 0) is 13.0 Å². The Bertz CT molecular complexity index is 1430. The highest BCUT2D eigenvalue weighted by atomic mass is 32.1.